The van der Waals surface area contributed by atoms with E-state index >= 15 is 0 Å². The monoisotopic (exact) mass is 443 g/mol. The fourth-order valence-corrected chi connectivity index (χ4v) is 4.51. The molecule has 2 aliphatic heterocycles. The molecule has 0 aliphatic carbocycles. The van der Waals surface area contributed by atoms with Crippen LogP contribution in [0.1, 0.15) is 11.6 Å². The summed E-state index contributed by atoms with van der Waals surface area (Å²) in [6.45, 7) is 0. The summed E-state index contributed by atoms with van der Waals surface area (Å²) < 4.78 is 5.20. The van der Waals surface area contributed by atoms with Crippen molar-refractivity contribution in [2.45, 2.75) is 12.1 Å². The molecule has 2 fully saturated rings. The fourth-order valence-electron chi connectivity index (χ4n) is 4.51. The number of carbonyl (C=O) groups is 2. The number of imide groups is 1. The van der Waals surface area contributed by atoms with Gasteiger partial charge in [-0.15, -0.1) is 0 Å². The summed E-state index contributed by atoms with van der Waals surface area (Å²) in [5.41, 5.74) is 3.27. The zero-order chi connectivity index (χ0) is 23.1. The van der Waals surface area contributed by atoms with Gasteiger partial charge in [0.25, 0.3) is 5.91 Å². The standard InChI is InChI=1S/C26H25N3O4/c1-27(2)18-11-9-17(10-12-18)23-22-24(33-29(23)20-7-5-4-6-8-20)26(31)28(25(22)30)19-13-15-21(32-3)16-14-19/h4-16,22-24H,1-3H3/t22-,23-,24+/m0/s1. The molecule has 0 radical (unpaired) electrons. The Balaban J connectivity index is 1.55. The van der Waals surface area contributed by atoms with Gasteiger partial charge in [0.2, 0.25) is 5.91 Å². The van der Waals surface area contributed by atoms with E-state index in [1.165, 1.54) is 4.90 Å². The third kappa shape index (κ3) is 3.50. The number of anilines is 3. The molecule has 7 heteroatoms. The molecule has 3 atom stereocenters. The van der Waals surface area contributed by atoms with Crippen LogP contribution in [0.4, 0.5) is 17.1 Å². The van der Waals surface area contributed by atoms with Gasteiger partial charge in [-0.2, -0.15) is 0 Å². The second-order valence-electron chi connectivity index (χ2n) is 8.35. The first kappa shape index (κ1) is 21.0. The van der Waals surface area contributed by atoms with Crippen molar-refractivity contribution in [3.8, 4) is 5.75 Å². The highest BCUT2D eigenvalue weighted by atomic mass is 16.7. The highest BCUT2D eigenvalue weighted by Gasteiger charge is 2.60. The minimum atomic E-state index is -0.890. The molecule has 3 aromatic rings. The lowest BCUT2D eigenvalue weighted by Gasteiger charge is -2.29. The van der Waals surface area contributed by atoms with Crippen molar-refractivity contribution in [1.29, 1.82) is 0 Å². The van der Waals surface area contributed by atoms with Gasteiger partial charge in [-0.3, -0.25) is 14.4 Å². The summed E-state index contributed by atoms with van der Waals surface area (Å²) >= 11 is 0. The van der Waals surface area contributed by atoms with E-state index in [9.17, 15) is 9.59 Å². The zero-order valence-electron chi connectivity index (χ0n) is 18.7. The molecule has 0 bridgehead atoms. The summed E-state index contributed by atoms with van der Waals surface area (Å²) in [4.78, 5) is 36.4. The Labute approximate surface area is 192 Å². The van der Waals surface area contributed by atoms with E-state index in [0.29, 0.717) is 11.4 Å². The molecule has 0 spiro atoms. The van der Waals surface area contributed by atoms with Crippen molar-refractivity contribution in [2.24, 2.45) is 5.92 Å². The van der Waals surface area contributed by atoms with Crippen LogP contribution in [0.15, 0.2) is 78.9 Å². The molecule has 5 rings (SSSR count). The highest BCUT2D eigenvalue weighted by Crippen LogP contribution is 2.47. The predicted octanol–water partition coefficient (Wildman–Crippen LogP) is 3.81. The number of hydroxylamine groups is 1. The first-order valence-electron chi connectivity index (χ1n) is 10.8. The lowest BCUT2D eigenvalue weighted by atomic mass is 9.90. The second-order valence-corrected chi connectivity index (χ2v) is 8.35. The van der Waals surface area contributed by atoms with Crippen LogP contribution < -0.4 is 19.6 Å². The van der Waals surface area contributed by atoms with Crippen LogP contribution in [-0.2, 0) is 14.4 Å². The van der Waals surface area contributed by atoms with Crippen LogP contribution in [0.5, 0.6) is 5.75 Å². The van der Waals surface area contributed by atoms with Crippen molar-refractivity contribution < 1.29 is 19.2 Å². The molecular formula is C26H25N3O4. The second kappa shape index (κ2) is 8.26. The molecule has 7 nitrogen and oxygen atoms in total. The van der Waals surface area contributed by atoms with E-state index in [1.54, 1.807) is 36.4 Å². The summed E-state index contributed by atoms with van der Waals surface area (Å²) in [5, 5.41) is 1.71. The summed E-state index contributed by atoms with van der Waals surface area (Å²) in [6.07, 6.45) is -0.890. The quantitative estimate of drug-likeness (QED) is 0.559. The summed E-state index contributed by atoms with van der Waals surface area (Å²) in [7, 11) is 5.53. The van der Waals surface area contributed by atoms with Gasteiger partial charge in [-0.1, -0.05) is 30.3 Å². The van der Waals surface area contributed by atoms with Crippen LogP contribution in [0.25, 0.3) is 0 Å². The molecule has 168 valence electrons. The number of carbonyl (C=O) groups excluding carboxylic acids is 2. The highest BCUT2D eigenvalue weighted by molar-refractivity contribution is 6.23. The number of hydrogen-bond donors (Lipinski definition) is 0. The van der Waals surface area contributed by atoms with Crippen LogP contribution in [-0.4, -0.2) is 39.1 Å². The van der Waals surface area contributed by atoms with Gasteiger partial charge in [-0.05, 0) is 54.1 Å². The third-order valence-corrected chi connectivity index (χ3v) is 6.21. The number of amides is 2. The zero-order valence-corrected chi connectivity index (χ0v) is 18.7. The van der Waals surface area contributed by atoms with Crippen molar-refractivity contribution in [3.05, 3.63) is 84.4 Å². The number of fused-ring (bicyclic) bond motifs is 1. The summed E-state index contributed by atoms with van der Waals surface area (Å²) in [5.74, 6) is -0.632. The minimum Gasteiger partial charge on any atom is -0.497 e. The third-order valence-electron chi connectivity index (χ3n) is 6.21. The Morgan fingerprint density at radius 3 is 2.09 bits per heavy atom. The van der Waals surface area contributed by atoms with Gasteiger partial charge >= 0.3 is 0 Å². The van der Waals surface area contributed by atoms with Crippen molar-refractivity contribution in [2.75, 3.05) is 36.1 Å². The molecule has 3 aromatic carbocycles. The van der Waals surface area contributed by atoms with Crippen LogP contribution in [0.3, 0.4) is 0 Å². The lowest BCUT2D eigenvalue weighted by molar-refractivity contribution is -0.126. The van der Waals surface area contributed by atoms with Crippen molar-refractivity contribution in [3.63, 3.8) is 0 Å². The van der Waals surface area contributed by atoms with Crippen molar-refractivity contribution in [1.82, 2.24) is 0 Å². The molecule has 0 N–H and O–H groups in total. The first-order chi connectivity index (χ1) is 16.0. The Bertz CT molecular complexity index is 1160. The Morgan fingerprint density at radius 2 is 1.48 bits per heavy atom. The van der Waals surface area contributed by atoms with E-state index in [2.05, 4.69) is 0 Å². The lowest BCUT2D eigenvalue weighted by Crippen LogP contribution is -2.37. The number of rotatable bonds is 5. The molecule has 0 unspecified atom stereocenters. The van der Waals surface area contributed by atoms with E-state index in [0.717, 1.165) is 16.9 Å². The molecule has 2 heterocycles. The SMILES string of the molecule is COc1ccc(N2C(=O)[C@@H]3[C@@H](ON(c4ccccc4)[C@H]3c3ccc(N(C)C)cc3)C2=O)cc1. The van der Waals surface area contributed by atoms with Gasteiger partial charge in [0, 0.05) is 19.8 Å². The maximum atomic E-state index is 13.6. The molecule has 2 saturated heterocycles. The Hall–Kier alpha value is -3.84. The van der Waals surface area contributed by atoms with Crippen LogP contribution >= 0.6 is 0 Å². The number of methoxy groups -OCH3 is 1. The van der Waals surface area contributed by atoms with Gasteiger partial charge in [-0.25, -0.2) is 9.96 Å². The van der Waals surface area contributed by atoms with Crippen LogP contribution in [0.2, 0.25) is 0 Å². The average molecular weight is 444 g/mol. The normalized spacial score (nSPS) is 22.0. The van der Waals surface area contributed by atoms with E-state index in [4.69, 9.17) is 9.57 Å². The maximum Gasteiger partial charge on any atom is 0.266 e. The number of hydrogen-bond acceptors (Lipinski definition) is 6. The number of ether oxygens (including phenoxy) is 1. The van der Waals surface area contributed by atoms with E-state index < -0.39 is 18.1 Å². The summed E-state index contributed by atoms with van der Waals surface area (Å²) in [6, 6.07) is 24.0. The molecule has 33 heavy (non-hydrogen) atoms. The predicted molar refractivity (Wildman–Crippen MR) is 126 cm³/mol. The molecule has 0 aromatic heterocycles. The number of benzene rings is 3. The Kier molecular flexibility index (Phi) is 5.26. The van der Waals surface area contributed by atoms with Gasteiger partial charge in [0.05, 0.1) is 24.5 Å². The maximum absolute atomic E-state index is 13.6. The number of nitrogens with zero attached hydrogens (tertiary/aromatic N) is 3. The van der Waals surface area contributed by atoms with Crippen LogP contribution in [0, 0.1) is 5.92 Å². The van der Waals surface area contributed by atoms with Gasteiger partial charge < -0.3 is 9.64 Å². The van der Waals surface area contributed by atoms with Gasteiger partial charge in [0.1, 0.15) is 11.7 Å². The van der Waals surface area contributed by atoms with E-state index in [1.807, 2.05) is 73.6 Å². The largest absolute Gasteiger partial charge is 0.497 e. The smallest absolute Gasteiger partial charge is 0.266 e. The first-order valence-corrected chi connectivity index (χ1v) is 10.8. The topological polar surface area (TPSA) is 62.3 Å². The van der Waals surface area contributed by atoms with Gasteiger partial charge in [0.15, 0.2) is 6.10 Å². The number of para-hydroxylation sites is 1. The Morgan fingerprint density at radius 1 is 0.818 bits per heavy atom. The minimum absolute atomic E-state index is 0.268. The average Bonchev–Trinajstić information content (AvgIpc) is 3.36. The van der Waals surface area contributed by atoms with E-state index in [-0.39, 0.29) is 11.8 Å². The fraction of sp³-hybridized carbons (Fsp3) is 0.231. The molecule has 2 aliphatic rings. The molecule has 0 saturated carbocycles. The molecule has 2 amide bonds. The molecular weight excluding hydrogens is 418 g/mol. The van der Waals surface area contributed by atoms with Crippen molar-refractivity contribution >= 4 is 28.9 Å².